The van der Waals surface area contributed by atoms with Gasteiger partial charge in [-0.15, -0.1) is 0 Å². The van der Waals surface area contributed by atoms with Crippen LogP contribution >= 0.6 is 0 Å². The Labute approximate surface area is 159 Å². The molecule has 27 heavy (non-hydrogen) atoms. The first-order chi connectivity index (χ1) is 12.9. The van der Waals surface area contributed by atoms with E-state index in [0.29, 0.717) is 12.0 Å². The Hall–Kier alpha value is -2.89. The molecule has 0 spiro atoms. The second-order valence-electron chi connectivity index (χ2n) is 6.98. The molecule has 1 aliphatic rings. The van der Waals surface area contributed by atoms with Crippen LogP contribution in [0.4, 0.5) is 4.79 Å². The smallest absolute Gasteiger partial charge is 0.325 e. The van der Waals surface area contributed by atoms with Crippen LogP contribution in [0.1, 0.15) is 40.7 Å². The predicted molar refractivity (Wildman–Crippen MR) is 103 cm³/mol. The van der Waals surface area contributed by atoms with Crippen molar-refractivity contribution in [1.82, 2.24) is 14.8 Å². The normalized spacial score (nSPS) is 16.7. The van der Waals surface area contributed by atoms with Crippen LogP contribution in [0.2, 0.25) is 0 Å². The van der Waals surface area contributed by atoms with Crippen molar-refractivity contribution in [3.05, 3.63) is 58.9 Å². The van der Waals surface area contributed by atoms with Gasteiger partial charge in [0, 0.05) is 29.9 Å². The molecule has 0 radical (unpaired) electrons. The molecule has 1 aliphatic heterocycles. The lowest BCUT2D eigenvalue weighted by molar-refractivity contribution is -0.127. The number of hydrogen-bond acceptors (Lipinski definition) is 3. The monoisotopic (exact) mass is 367 g/mol. The van der Waals surface area contributed by atoms with Crippen molar-refractivity contribution >= 4 is 17.7 Å². The Bertz CT molecular complexity index is 870. The maximum Gasteiger partial charge on any atom is 0.325 e. The summed E-state index contributed by atoms with van der Waals surface area (Å²) in [5.74, 6) is -0.561. The largest absolute Gasteiger partial charge is 0.348 e. The van der Waals surface area contributed by atoms with Gasteiger partial charge in [0.25, 0.3) is 5.91 Å². The molecule has 6 heteroatoms. The zero-order valence-corrected chi connectivity index (χ0v) is 16.0. The zero-order valence-electron chi connectivity index (χ0n) is 16.0. The highest BCUT2D eigenvalue weighted by atomic mass is 16.2. The SMILES string of the molecule is CCCn1c(C)cc(C(=O)CN2C(=O)NC(Cc3ccccc3)C2=O)c1C. The molecule has 1 unspecified atom stereocenters. The molecule has 142 valence electrons. The number of nitrogens with one attached hydrogen (secondary N) is 1. The number of imide groups is 1. The number of carbonyl (C=O) groups excluding carboxylic acids is 3. The minimum atomic E-state index is -0.625. The van der Waals surface area contributed by atoms with Gasteiger partial charge < -0.3 is 9.88 Å². The van der Waals surface area contributed by atoms with Crippen molar-refractivity contribution in [3.63, 3.8) is 0 Å². The van der Waals surface area contributed by atoms with Crippen LogP contribution in [0.5, 0.6) is 0 Å². The number of amides is 3. The number of Topliss-reactive ketones (excluding diaryl/α,β-unsaturated/α-hetero) is 1. The summed E-state index contributed by atoms with van der Waals surface area (Å²) in [5, 5.41) is 2.69. The van der Waals surface area contributed by atoms with E-state index in [4.69, 9.17) is 0 Å². The fourth-order valence-corrected chi connectivity index (χ4v) is 3.59. The van der Waals surface area contributed by atoms with E-state index < -0.39 is 12.1 Å². The third-order valence-corrected chi connectivity index (χ3v) is 5.01. The molecule has 1 aromatic carbocycles. The summed E-state index contributed by atoms with van der Waals surface area (Å²) in [6, 6.07) is 10.2. The number of nitrogens with zero attached hydrogens (tertiary/aromatic N) is 2. The van der Waals surface area contributed by atoms with Gasteiger partial charge in [-0.25, -0.2) is 4.79 Å². The van der Waals surface area contributed by atoms with Crippen molar-refractivity contribution in [1.29, 1.82) is 0 Å². The summed E-state index contributed by atoms with van der Waals surface area (Å²) in [7, 11) is 0. The van der Waals surface area contributed by atoms with Gasteiger partial charge in [0.15, 0.2) is 5.78 Å². The number of urea groups is 1. The quantitative estimate of drug-likeness (QED) is 0.604. The number of aromatic nitrogens is 1. The highest BCUT2D eigenvalue weighted by Gasteiger charge is 2.39. The van der Waals surface area contributed by atoms with Crippen molar-refractivity contribution < 1.29 is 14.4 Å². The molecule has 1 aromatic heterocycles. The first kappa shape index (κ1) is 18.9. The summed E-state index contributed by atoms with van der Waals surface area (Å²) in [6.45, 7) is 6.56. The van der Waals surface area contributed by atoms with Gasteiger partial charge in [0.2, 0.25) is 0 Å². The standard InChI is InChI=1S/C21H25N3O3/c1-4-10-23-14(2)11-17(15(23)3)19(25)13-24-20(26)18(22-21(24)27)12-16-8-6-5-7-9-16/h5-9,11,18H,4,10,12-13H2,1-3H3,(H,22,27). The van der Waals surface area contributed by atoms with E-state index >= 15 is 0 Å². The van der Waals surface area contributed by atoms with Gasteiger partial charge in [-0.05, 0) is 31.9 Å². The van der Waals surface area contributed by atoms with Gasteiger partial charge in [-0.1, -0.05) is 37.3 Å². The van der Waals surface area contributed by atoms with Crippen LogP contribution in [-0.2, 0) is 17.8 Å². The second-order valence-corrected chi connectivity index (χ2v) is 6.98. The Morgan fingerprint density at radius 1 is 1.15 bits per heavy atom. The van der Waals surface area contributed by atoms with Gasteiger partial charge in [0.1, 0.15) is 6.04 Å². The van der Waals surface area contributed by atoms with Gasteiger partial charge in [0.05, 0.1) is 6.54 Å². The van der Waals surface area contributed by atoms with E-state index in [1.54, 1.807) is 0 Å². The van der Waals surface area contributed by atoms with Crippen molar-refractivity contribution in [2.45, 2.75) is 46.2 Å². The van der Waals surface area contributed by atoms with Gasteiger partial charge in [-0.2, -0.15) is 0 Å². The maximum atomic E-state index is 12.8. The number of rotatable bonds is 7. The molecule has 1 saturated heterocycles. The Morgan fingerprint density at radius 2 is 1.85 bits per heavy atom. The van der Waals surface area contributed by atoms with Crippen LogP contribution in [0.3, 0.4) is 0 Å². The van der Waals surface area contributed by atoms with Crippen LogP contribution in [-0.4, -0.2) is 39.8 Å². The van der Waals surface area contributed by atoms with Crippen LogP contribution in [0.25, 0.3) is 0 Å². The highest BCUT2D eigenvalue weighted by molar-refractivity contribution is 6.09. The number of ketones is 1. The summed E-state index contributed by atoms with van der Waals surface area (Å²) in [4.78, 5) is 38.7. The highest BCUT2D eigenvalue weighted by Crippen LogP contribution is 2.18. The summed E-state index contributed by atoms with van der Waals surface area (Å²) in [5.41, 5.74) is 3.43. The van der Waals surface area contributed by atoms with E-state index in [0.717, 1.165) is 34.8 Å². The summed E-state index contributed by atoms with van der Waals surface area (Å²) >= 11 is 0. The van der Waals surface area contributed by atoms with Crippen molar-refractivity contribution in [2.75, 3.05) is 6.54 Å². The molecule has 6 nitrogen and oxygen atoms in total. The first-order valence-corrected chi connectivity index (χ1v) is 9.28. The Kier molecular flexibility index (Phi) is 5.44. The molecule has 3 rings (SSSR count). The summed E-state index contributed by atoms with van der Waals surface area (Å²) in [6.07, 6.45) is 1.39. The van der Waals surface area contributed by atoms with E-state index in [1.807, 2.05) is 50.2 Å². The molecule has 0 bridgehead atoms. The molecule has 1 fully saturated rings. The molecule has 2 heterocycles. The Balaban J connectivity index is 1.72. The minimum absolute atomic E-state index is 0.214. The van der Waals surface area contributed by atoms with Crippen LogP contribution in [0.15, 0.2) is 36.4 Å². The predicted octanol–water partition coefficient (Wildman–Crippen LogP) is 2.86. The summed E-state index contributed by atoms with van der Waals surface area (Å²) < 4.78 is 2.09. The molecule has 0 saturated carbocycles. The zero-order chi connectivity index (χ0) is 19.6. The third kappa shape index (κ3) is 3.79. The van der Waals surface area contributed by atoms with E-state index in [-0.39, 0.29) is 18.2 Å². The molecular formula is C21H25N3O3. The lowest BCUT2D eigenvalue weighted by Gasteiger charge is -2.13. The molecule has 3 amide bonds. The lowest BCUT2D eigenvalue weighted by Crippen LogP contribution is -2.36. The van der Waals surface area contributed by atoms with Crippen molar-refractivity contribution in [2.24, 2.45) is 0 Å². The van der Waals surface area contributed by atoms with Gasteiger partial charge in [-0.3, -0.25) is 14.5 Å². The molecule has 1 N–H and O–H groups in total. The molecule has 1 atom stereocenters. The average Bonchev–Trinajstić information content (AvgIpc) is 3.07. The van der Waals surface area contributed by atoms with E-state index in [2.05, 4.69) is 16.8 Å². The van der Waals surface area contributed by atoms with Crippen molar-refractivity contribution in [3.8, 4) is 0 Å². The fraction of sp³-hybridized carbons (Fsp3) is 0.381. The van der Waals surface area contributed by atoms with Gasteiger partial charge >= 0.3 is 6.03 Å². The maximum absolute atomic E-state index is 12.8. The average molecular weight is 367 g/mol. The fourth-order valence-electron chi connectivity index (χ4n) is 3.59. The van der Waals surface area contributed by atoms with Crippen LogP contribution < -0.4 is 5.32 Å². The number of benzene rings is 1. The van der Waals surface area contributed by atoms with E-state index in [1.165, 1.54) is 0 Å². The topological polar surface area (TPSA) is 71.4 Å². The lowest BCUT2D eigenvalue weighted by atomic mass is 10.1. The number of hydrogen-bond donors (Lipinski definition) is 1. The Morgan fingerprint density at radius 3 is 2.52 bits per heavy atom. The van der Waals surface area contributed by atoms with Crippen LogP contribution in [0, 0.1) is 13.8 Å². The van der Waals surface area contributed by atoms with E-state index in [9.17, 15) is 14.4 Å². The first-order valence-electron chi connectivity index (χ1n) is 9.28. The second kappa shape index (κ2) is 7.78. The number of carbonyl (C=O) groups is 3. The molecule has 0 aliphatic carbocycles. The molecular weight excluding hydrogens is 342 g/mol. The third-order valence-electron chi connectivity index (χ3n) is 5.01. The number of aryl methyl sites for hydroxylation is 1. The minimum Gasteiger partial charge on any atom is -0.348 e. The molecule has 2 aromatic rings.